The van der Waals surface area contributed by atoms with Gasteiger partial charge < -0.3 is 0 Å². The molecule has 0 amide bonds. The predicted molar refractivity (Wildman–Crippen MR) is 71.2 cm³/mol. The van der Waals surface area contributed by atoms with Gasteiger partial charge in [0.2, 0.25) is 0 Å². The summed E-state index contributed by atoms with van der Waals surface area (Å²) < 4.78 is 0. The zero-order valence-electron chi connectivity index (χ0n) is 10.3. The minimum Gasteiger partial charge on any atom is -0.299 e. The lowest BCUT2D eigenvalue weighted by molar-refractivity contribution is -0.121. The van der Waals surface area contributed by atoms with E-state index in [4.69, 9.17) is 0 Å². The summed E-state index contributed by atoms with van der Waals surface area (Å²) in [5, 5.41) is 0. The number of Topliss-reactive ketones (excluding diaryl/α,β-unsaturated/α-hetero) is 1. The summed E-state index contributed by atoms with van der Waals surface area (Å²) >= 11 is 0. The van der Waals surface area contributed by atoms with Crippen LogP contribution in [-0.2, 0) is 11.2 Å². The van der Waals surface area contributed by atoms with Crippen LogP contribution in [0.25, 0.3) is 0 Å². The Bertz CT molecular complexity index is 406. The highest BCUT2D eigenvalue weighted by molar-refractivity contribution is 5.88. The smallest absolute Gasteiger partial charge is 0.140 e. The first-order valence-corrected chi connectivity index (χ1v) is 6.54. The quantitative estimate of drug-likeness (QED) is 0.508. The zero-order chi connectivity index (χ0) is 12.1. The topological polar surface area (TPSA) is 17.1 Å². The Balaban J connectivity index is 1.74. The predicted octanol–water partition coefficient (Wildman–Crippen LogP) is 4.03. The summed E-state index contributed by atoms with van der Waals surface area (Å²) in [4.78, 5) is 12.0. The number of unbranched alkanes of at least 4 members (excludes halogenated alkanes) is 3. The fraction of sp³-hybridized carbons (Fsp3) is 0.438. The van der Waals surface area contributed by atoms with Gasteiger partial charge in [-0.3, -0.25) is 4.79 Å². The van der Waals surface area contributed by atoms with Gasteiger partial charge in [0, 0.05) is 12.3 Å². The molecule has 1 aliphatic rings. The lowest BCUT2D eigenvalue weighted by Gasteiger charge is -2.28. The molecule has 1 aromatic carbocycles. The second-order valence-corrected chi connectivity index (χ2v) is 4.81. The molecule has 1 atom stereocenters. The van der Waals surface area contributed by atoms with Crippen LogP contribution in [0.15, 0.2) is 36.9 Å². The molecule has 2 rings (SSSR count). The summed E-state index contributed by atoms with van der Waals surface area (Å²) in [5.41, 5.74) is 2.63. The summed E-state index contributed by atoms with van der Waals surface area (Å²) in [6, 6.07) is 8.31. The molecule has 0 heterocycles. The van der Waals surface area contributed by atoms with Crippen LogP contribution in [0.2, 0.25) is 0 Å². The number of hydrogen-bond acceptors (Lipinski definition) is 1. The van der Waals surface area contributed by atoms with Crippen LogP contribution in [0.5, 0.6) is 0 Å². The van der Waals surface area contributed by atoms with Crippen molar-refractivity contribution in [3.8, 4) is 0 Å². The maximum Gasteiger partial charge on any atom is 0.140 e. The standard InChI is InChI=1S/C16H20O/c1-2-3-4-5-6-11-16(17)15-12-13-9-7-8-10-14(13)15/h2,7-10,15H,1,3-6,11-12H2. The van der Waals surface area contributed by atoms with Crippen LogP contribution in [0, 0.1) is 0 Å². The van der Waals surface area contributed by atoms with Gasteiger partial charge in [-0.25, -0.2) is 0 Å². The van der Waals surface area contributed by atoms with Gasteiger partial charge in [0.25, 0.3) is 0 Å². The molecule has 1 aromatic rings. The Morgan fingerprint density at radius 3 is 2.88 bits per heavy atom. The molecule has 17 heavy (non-hydrogen) atoms. The average Bonchev–Trinajstić information content (AvgIpc) is 2.30. The molecular formula is C16H20O. The molecule has 0 aromatic heterocycles. The molecule has 1 unspecified atom stereocenters. The van der Waals surface area contributed by atoms with Crippen molar-refractivity contribution in [3.63, 3.8) is 0 Å². The van der Waals surface area contributed by atoms with E-state index in [0.29, 0.717) is 5.78 Å². The molecule has 0 spiro atoms. The highest BCUT2D eigenvalue weighted by Gasteiger charge is 2.30. The Labute approximate surface area is 104 Å². The summed E-state index contributed by atoms with van der Waals surface area (Å²) in [6.45, 7) is 3.70. The van der Waals surface area contributed by atoms with E-state index in [1.807, 2.05) is 12.1 Å². The monoisotopic (exact) mass is 228 g/mol. The molecule has 1 aliphatic carbocycles. The fourth-order valence-corrected chi connectivity index (χ4v) is 2.48. The van der Waals surface area contributed by atoms with Gasteiger partial charge in [-0.15, -0.1) is 6.58 Å². The summed E-state index contributed by atoms with van der Waals surface area (Å²) in [7, 11) is 0. The molecule has 90 valence electrons. The van der Waals surface area contributed by atoms with Crippen LogP contribution in [0.4, 0.5) is 0 Å². The van der Waals surface area contributed by atoms with Crippen molar-refractivity contribution in [1.82, 2.24) is 0 Å². The maximum atomic E-state index is 12.0. The second-order valence-electron chi connectivity index (χ2n) is 4.81. The number of hydrogen-bond donors (Lipinski definition) is 0. The van der Waals surface area contributed by atoms with E-state index in [2.05, 4.69) is 24.8 Å². The molecule has 0 fully saturated rings. The Morgan fingerprint density at radius 2 is 2.12 bits per heavy atom. The summed E-state index contributed by atoms with van der Waals surface area (Å²) in [5.74, 6) is 0.632. The minimum absolute atomic E-state index is 0.200. The first kappa shape index (κ1) is 12.1. The summed E-state index contributed by atoms with van der Waals surface area (Å²) in [6.07, 6.45) is 8.07. The number of rotatable bonds is 7. The molecular weight excluding hydrogens is 208 g/mol. The van der Waals surface area contributed by atoms with Crippen molar-refractivity contribution in [3.05, 3.63) is 48.0 Å². The van der Waals surface area contributed by atoms with Crippen molar-refractivity contribution in [1.29, 1.82) is 0 Å². The Morgan fingerprint density at radius 1 is 1.29 bits per heavy atom. The third-order valence-electron chi connectivity index (χ3n) is 3.57. The first-order chi connectivity index (χ1) is 8.33. The lowest BCUT2D eigenvalue weighted by Crippen LogP contribution is -2.24. The molecule has 1 heteroatoms. The van der Waals surface area contributed by atoms with E-state index in [-0.39, 0.29) is 5.92 Å². The van der Waals surface area contributed by atoms with Crippen LogP contribution in [0.3, 0.4) is 0 Å². The maximum absolute atomic E-state index is 12.0. The van der Waals surface area contributed by atoms with Crippen LogP contribution in [0.1, 0.15) is 49.1 Å². The van der Waals surface area contributed by atoms with Crippen molar-refractivity contribution < 1.29 is 4.79 Å². The fourth-order valence-electron chi connectivity index (χ4n) is 2.48. The van der Waals surface area contributed by atoms with Crippen molar-refractivity contribution in [2.24, 2.45) is 0 Å². The van der Waals surface area contributed by atoms with Crippen molar-refractivity contribution >= 4 is 5.78 Å². The number of benzene rings is 1. The molecule has 0 aliphatic heterocycles. The Kier molecular flexibility index (Phi) is 4.13. The van der Waals surface area contributed by atoms with Gasteiger partial charge in [0.1, 0.15) is 5.78 Å². The van der Waals surface area contributed by atoms with Gasteiger partial charge in [-0.1, -0.05) is 36.8 Å². The minimum atomic E-state index is 0.200. The molecule has 0 N–H and O–H groups in total. The normalized spacial score (nSPS) is 17.1. The number of fused-ring (bicyclic) bond motifs is 1. The molecule has 0 radical (unpaired) electrons. The lowest BCUT2D eigenvalue weighted by atomic mass is 9.74. The van der Waals surface area contributed by atoms with Crippen LogP contribution >= 0.6 is 0 Å². The van der Waals surface area contributed by atoms with Crippen LogP contribution < -0.4 is 0 Å². The van der Waals surface area contributed by atoms with Gasteiger partial charge in [-0.05, 0) is 36.8 Å². The van der Waals surface area contributed by atoms with E-state index < -0.39 is 0 Å². The van der Waals surface area contributed by atoms with Gasteiger partial charge in [0.05, 0.1) is 0 Å². The Hall–Kier alpha value is -1.37. The van der Waals surface area contributed by atoms with E-state index in [9.17, 15) is 4.79 Å². The van der Waals surface area contributed by atoms with Crippen molar-refractivity contribution in [2.45, 2.75) is 44.4 Å². The number of carbonyl (C=O) groups excluding carboxylic acids is 1. The molecule has 0 bridgehead atoms. The highest BCUT2D eigenvalue weighted by Crippen LogP contribution is 2.36. The molecule has 0 saturated carbocycles. The SMILES string of the molecule is C=CCCCCCC(=O)C1Cc2ccccc21. The largest absolute Gasteiger partial charge is 0.299 e. The number of ketones is 1. The third kappa shape index (κ3) is 2.85. The van der Waals surface area contributed by atoms with E-state index in [1.165, 1.54) is 11.1 Å². The van der Waals surface area contributed by atoms with Gasteiger partial charge >= 0.3 is 0 Å². The van der Waals surface area contributed by atoms with E-state index in [1.54, 1.807) is 0 Å². The van der Waals surface area contributed by atoms with E-state index >= 15 is 0 Å². The van der Waals surface area contributed by atoms with Gasteiger partial charge in [0.15, 0.2) is 0 Å². The first-order valence-electron chi connectivity index (χ1n) is 6.54. The van der Waals surface area contributed by atoms with Crippen molar-refractivity contribution in [2.75, 3.05) is 0 Å². The third-order valence-corrected chi connectivity index (χ3v) is 3.57. The molecule has 0 saturated heterocycles. The number of carbonyl (C=O) groups is 1. The zero-order valence-corrected chi connectivity index (χ0v) is 10.3. The average molecular weight is 228 g/mol. The molecule has 1 nitrogen and oxygen atoms in total. The van der Waals surface area contributed by atoms with Gasteiger partial charge in [-0.2, -0.15) is 0 Å². The van der Waals surface area contributed by atoms with E-state index in [0.717, 1.165) is 38.5 Å². The highest BCUT2D eigenvalue weighted by atomic mass is 16.1. The van der Waals surface area contributed by atoms with Crippen LogP contribution in [-0.4, -0.2) is 5.78 Å². The second kappa shape index (κ2) is 5.81. The number of allylic oxidation sites excluding steroid dienone is 1.